The number of nitroso groups, excluding NO2 is 1. The molecule has 3 heterocycles. The minimum Gasteiger partial charge on any atom is -0.464 e. The predicted molar refractivity (Wildman–Crippen MR) is 119 cm³/mol. The minimum atomic E-state index is -1.40. The van der Waals surface area contributed by atoms with Crippen LogP contribution >= 0.6 is 11.6 Å². The molecule has 3 atom stereocenters. The number of nitrogens with one attached hydrogen (secondary N) is 1. The monoisotopic (exact) mass is 448 g/mol. The molecule has 0 aliphatic carbocycles. The minimum absolute atomic E-state index is 0.333. The van der Waals surface area contributed by atoms with E-state index in [1.165, 1.54) is 4.90 Å². The highest BCUT2D eigenvalue weighted by atomic mass is 35.5. The van der Waals surface area contributed by atoms with Gasteiger partial charge in [0.15, 0.2) is 11.8 Å². The number of aromatic amines is 1. The number of aryl methyl sites for hydroxylation is 1. The van der Waals surface area contributed by atoms with Gasteiger partial charge in [-0.25, -0.2) is 4.98 Å². The first-order chi connectivity index (χ1) is 15.5. The SMILES string of the molecule is Cc1ccc(C2C(C(=O)c3ccc(Cl)cc3)C(N=O)C(=O)N2c2ccc3nc[nH]c3c2)o1. The number of fused-ring (bicyclic) bond motifs is 1. The highest BCUT2D eigenvalue weighted by Crippen LogP contribution is 2.45. The van der Waals surface area contributed by atoms with E-state index in [9.17, 15) is 14.5 Å². The second kappa shape index (κ2) is 7.72. The first kappa shape index (κ1) is 20.1. The summed E-state index contributed by atoms with van der Waals surface area (Å²) in [6.45, 7) is 1.77. The Labute approximate surface area is 187 Å². The second-order valence-electron chi connectivity index (χ2n) is 7.65. The molecule has 0 spiro atoms. The molecule has 2 aromatic heterocycles. The van der Waals surface area contributed by atoms with E-state index in [0.29, 0.717) is 33.3 Å². The maximum Gasteiger partial charge on any atom is 0.257 e. The summed E-state index contributed by atoms with van der Waals surface area (Å²) in [7, 11) is 0. The molecular weight excluding hydrogens is 432 g/mol. The lowest BCUT2D eigenvalue weighted by Gasteiger charge is -2.26. The lowest BCUT2D eigenvalue weighted by atomic mass is 9.87. The number of H-pyrrole nitrogens is 1. The van der Waals surface area contributed by atoms with Gasteiger partial charge in [0.2, 0.25) is 0 Å². The standard InChI is InChI=1S/C23H17ClN4O4/c1-12-2-9-18(32-12)21-19(22(29)13-3-5-14(24)6-4-13)20(27-31)23(30)28(21)15-7-8-16-17(10-15)26-11-25-16/h2-11,19-21H,1H3,(H,25,26). The van der Waals surface area contributed by atoms with E-state index in [0.717, 1.165) is 5.52 Å². The molecule has 0 saturated carbocycles. The molecule has 1 aliphatic rings. The molecule has 160 valence electrons. The molecule has 8 nitrogen and oxygen atoms in total. The molecule has 1 saturated heterocycles. The molecule has 0 bridgehead atoms. The molecule has 1 amide bonds. The van der Waals surface area contributed by atoms with E-state index in [4.69, 9.17) is 16.0 Å². The molecule has 5 rings (SSSR count). The molecule has 3 unspecified atom stereocenters. The van der Waals surface area contributed by atoms with Gasteiger partial charge in [0.05, 0.1) is 23.3 Å². The number of imidazole rings is 1. The largest absolute Gasteiger partial charge is 0.464 e. The zero-order valence-electron chi connectivity index (χ0n) is 16.9. The third-order valence-corrected chi connectivity index (χ3v) is 5.98. The van der Waals surface area contributed by atoms with Gasteiger partial charge in [0, 0.05) is 16.3 Å². The number of nitrogens with zero attached hydrogens (tertiary/aromatic N) is 3. The normalized spacial score (nSPS) is 20.8. The van der Waals surface area contributed by atoms with Gasteiger partial charge in [-0.15, -0.1) is 4.91 Å². The van der Waals surface area contributed by atoms with E-state index in [-0.39, 0.29) is 5.78 Å². The van der Waals surface area contributed by atoms with Crippen LogP contribution in [0.25, 0.3) is 11.0 Å². The Bertz CT molecular complexity index is 1340. The molecule has 0 radical (unpaired) electrons. The van der Waals surface area contributed by atoms with E-state index >= 15 is 0 Å². The summed E-state index contributed by atoms with van der Waals surface area (Å²) < 4.78 is 5.84. The van der Waals surface area contributed by atoms with Crippen LogP contribution in [0, 0.1) is 17.7 Å². The van der Waals surface area contributed by atoms with Gasteiger partial charge in [0.1, 0.15) is 17.6 Å². The number of benzene rings is 2. The van der Waals surface area contributed by atoms with Crippen LogP contribution in [-0.2, 0) is 4.79 Å². The molecular formula is C23H17ClN4O4. The summed E-state index contributed by atoms with van der Waals surface area (Å²) in [6.07, 6.45) is 1.55. The summed E-state index contributed by atoms with van der Waals surface area (Å²) in [5, 5.41) is 3.55. The number of carbonyl (C=O) groups is 2. The van der Waals surface area contributed by atoms with Crippen molar-refractivity contribution in [2.45, 2.75) is 19.0 Å². The zero-order chi connectivity index (χ0) is 22.4. The average Bonchev–Trinajstić information content (AvgIpc) is 3.50. The van der Waals surface area contributed by atoms with Gasteiger partial charge in [-0.05, 0) is 61.5 Å². The summed E-state index contributed by atoms with van der Waals surface area (Å²) in [4.78, 5) is 47.4. The number of ketones is 1. The first-order valence-corrected chi connectivity index (χ1v) is 10.3. The number of halogens is 1. The lowest BCUT2D eigenvalue weighted by molar-refractivity contribution is -0.118. The number of rotatable bonds is 5. The van der Waals surface area contributed by atoms with Gasteiger partial charge in [-0.1, -0.05) is 16.8 Å². The quantitative estimate of drug-likeness (QED) is 0.347. The average molecular weight is 449 g/mol. The maximum atomic E-state index is 13.5. The summed E-state index contributed by atoms with van der Waals surface area (Å²) in [6, 6.07) is 12.8. The Morgan fingerprint density at radius 2 is 1.94 bits per heavy atom. The van der Waals surface area contributed by atoms with Crippen LogP contribution in [0.2, 0.25) is 5.02 Å². The smallest absolute Gasteiger partial charge is 0.257 e. The van der Waals surface area contributed by atoms with Gasteiger partial charge in [0.25, 0.3) is 5.91 Å². The van der Waals surface area contributed by atoms with E-state index in [2.05, 4.69) is 15.1 Å². The molecule has 32 heavy (non-hydrogen) atoms. The number of hydrogen-bond acceptors (Lipinski definition) is 6. The van der Waals surface area contributed by atoms with Crippen molar-refractivity contribution in [3.63, 3.8) is 0 Å². The van der Waals surface area contributed by atoms with Crippen LogP contribution in [0.5, 0.6) is 0 Å². The van der Waals surface area contributed by atoms with Gasteiger partial charge >= 0.3 is 0 Å². The van der Waals surface area contributed by atoms with Crippen molar-refractivity contribution >= 4 is 40.0 Å². The molecule has 1 N–H and O–H groups in total. The van der Waals surface area contributed by atoms with Crippen molar-refractivity contribution in [2.75, 3.05) is 4.90 Å². The third-order valence-electron chi connectivity index (χ3n) is 5.73. The number of hydrogen-bond donors (Lipinski definition) is 1. The topological polar surface area (TPSA) is 109 Å². The fourth-order valence-corrected chi connectivity index (χ4v) is 4.37. The van der Waals surface area contributed by atoms with Crippen molar-refractivity contribution in [1.29, 1.82) is 0 Å². The van der Waals surface area contributed by atoms with Crippen molar-refractivity contribution in [3.8, 4) is 0 Å². The number of furan rings is 1. The maximum absolute atomic E-state index is 13.5. The van der Waals surface area contributed by atoms with Gasteiger partial charge < -0.3 is 9.40 Å². The Kier molecular flexibility index (Phi) is 4.86. The fraction of sp³-hybridized carbons (Fsp3) is 0.174. The fourth-order valence-electron chi connectivity index (χ4n) is 4.25. The number of amides is 1. The molecule has 4 aromatic rings. The highest BCUT2D eigenvalue weighted by molar-refractivity contribution is 6.30. The van der Waals surface area contributed by atoms with E-state index in [1.54, 1.807) is 67.8 Å². The second-order valence-corrected chi connectivity index (χ2v) is 8.09. The number of aromatic nitrogens is 2. The highest BCUT2D eigenvalue weighted by Gasteiger charge is 2.55. The van der Waals surface area contributed by atoms with Gasteiger partial charge in [-0.2, -0.15) is 0 Å². The summed E-state index contributed by atoms with van der Waals surface area (Å²) in [5.74, 6) is -0.992. The van der Waals surface area contributed by atoms with Crippen LogP contribution in [0.4, 0.5) is 5.69 Å². The molecule has 2 aromatic carbocycles. The van der Waals surface area contributed by atoms with Crippen LogP contribution < -0.4 is 4.90 Å². The Balaban J connectivity index is 1.67. The van der Waals surface area contributed by atoms with Gasteiger partial charge in [-0.3, -0.25) is 14.5 Å². The number of Topliss-reactive ketones (excluding diaryl/α,β-unsaturated/α-hetero) is 1. The van der Waals surface area contributed by atoms with Crippen LogP contribution in [0.15, 0.2) is 70.5 Å². The van der Waals surface area contributed by atoms with Crippen molar-refractivity contribution < 1.29 is 14.0 Å². The zero-order valence-corrected chi connectivity index (χ0v) is 17.6. The summed E-state index contributed by atoms with van der Waals surface area (Å²) >= 11 is 5.96. The van der Waals surface area contributed by atoms with Crippen LogP contribution in [0.3, 0.4) is 0 Å². The van der Waals surface area contributed by atoms with Crippen LogP contribution in [-0.4, -0.2) is 27.7 Å². The van der Waals surface area contributed by atoms with E-state index < -0.39 is 23.9 Å². The Hall–Kier alpha value is -3.78. The molecule has 9 heteroatoms. The summed E-state index contributed by atoms with van der Waals surface area (Å²) in [5.41, 5.74) is 2.28. The third kappa shape index (κ3) is 3.20. The number of carbonyl (C=O) groups excluding carboxylic acids is 2. The molecule has 1 aliphatic heterocycles. The Morgan fingerprint density at radius 1 is 1.16 bits per heavy atom. The number of anilines is 1. The van der Waals surface area contributed by atoms with Crippen molar-refractivity contribution in [1.82, 2.24) is 9.97 Å². The molecule has 1 fully saturated rings. The van der Waals surface area contributed by atoms with Crippen molar-refractivity contribution in [3.05, 3.63) is 87.9 Å². The Morgan fingerprint density at radius 3 is 2.62 bits per heavy atom. The van der Waals surface area contributed by atoms with E-state index in [1.807, 2.05) is 0 Å². The van der Waals surface area contributed by atoms with Crippen molar-refractivity contribution in [2.24, 2.45) is 11.1 Å². The lowest BCUT2D eigenvalue weighted by Crippen LogP contribution is -2.30. The predicted octanol–water partition coefficient (Wildman–Crippen LogP) is 4.84. The van der Waals surface area contributed by atoms with Crippen LogP contribution in [0.1, 0.15) is 27.9 Å². The first-order valence-electron chi connectivity index (χ1n) is 9.92.